The molecule has 0 atom stereocenters. The van der Waals surface area contributed by atoms with Crippen molar-refractivity contribution in [1.29, 1.82) is 0 Å². The number of hydrogen-bond donors (Lipinski definition) is 1. The highest BCUT2D eigenvalue weighted by Gasteiger charge is 2.13. The summed E-state index contributed by atoms with van der Waals surface area (Å²) in [4.78, 5) is 12.8. The average molecular weight is 355 g/mol. The summed E-state index contributed by atoms with van der Waals surface area (Å²) < 4.78 is 0.899. The minimum Gasteiger partial charge on any atom is -0.480 e. The number of aliphatic carboxylic acids is 1. The second-order valence-electron chi connectivity index (χ2n) is 4.32. The minimum absolute atomic E-state index is 0.0730. The van der Waals surface area contributed by atoms with Crippen molar-refractivity contribution >= 4 is 39.2 Å². The number of halogens is 2. The van der Waals surface area contributed by atoms with E-state index < -0.39 is 5.97 Å². The van der Waals surface area contributed by atoms with Crippen molar-refractivity contribution in [1.82, 2.24) is 0 Å². The van der Waals surface area contributed by atoms with Crippen molar-refractivity contribution in [3.05, 3.63) is 63.6 Å². The largest absolute Gasteiger partial charge is 0.480 e. The predicted octanol–water partition coefficient (Wildman–Crippen LogP) is 4.19. The van der Waals surface area contributed by atoms with E-state index >= 15 is 0 Å². The monoisotopic (exact) mass is 353 g/mol. The number of nitrogens with zero attached hydrogens (tertiary/aromatic N) is 1. The molecule has 0 bridgehead atoms. The molecule has 2 aromatic carbocycles. The number of hydrogen-bond acceptors (Lipinski definition) is 2. The van der Waals surface area contributed by atoms with Gasteiger partial charge in [0.15, 0.2) is 0 Å². The first-order chi connectivity index (χ1) is 9.56. The summed E-state index contributed by atoms with van der Waals surface area (Å²) in [6, 6.07) is 15.0. The van der Waals surface area contributed by atoms with Crippen LogP contribution in [0.25, 0.3) is 0 Å². The van der Waals surface area contributed by atoms with Crippen LogP contribution in [0.1, 0.15) is 5.56 Å². The van der Waals surface area contributed by atoms with Crippen LogP contribution in [-0.2, 0) is 11.3 Å². The molecule has 0 saturated carbocycles. The quantitative estimate of drug-likeness (QED) is 0.875. The molecule has 0 heterocycles. The van der Waals surface area contributed by atoms with Crippen LogP contribution in [0.3, 0.4) is 0 Å². The lowest BCUT2D eigenvalue weighted by Crippen LogP contribution is -2.29. The molecule has 104 valence electrons. The fourth-order valence-electron chi connectivity index (χ4n) is 1.90. The van der Waals surface area contributed by atoms with Crippen LogP contribution in [-0.4, -0.2) is 17.6 Å². The summed E-state index contributed by atoms with van der Waals surface area (Å²) in [6.07, 6.45) is 0. The molecule has 5 heteroatoms. The zero-order valence-electron chi connectivity index (χ0n) is 10.6. The molecule has 0 aliphatic carbocycles. The molecule has 0 amide bonds. The molecule has 0 saturated heterocycles. The lowest BCUT2D eigenvalue weighted by atomic mass is 10.2. The van der Waals surface area contributed by atoms with Crippen molar-refractivity contribution < 1.29 is 9.90 Å². The van der Waals surface area contributed by atoms with Gasteiger partial charge in [-0.3, -0.25) is 4.79 Å². The normalized spacial score (nSPS) is 10.3. The summed E-state index contributed by atoms with van der Waals surface area (Å²) in [5.74, 6) is -0.873. The van der Waals surface area contributed by atoms with Crippen molar-refractivity contribution in [2.75, 3.05) is 11.4 Å². The summed E-state index contributed by atoms with van der Waals surface area (Å²) in [5, 5.41) is 9.67. The van der Waals surface area contributed by atoms with Crippen LogP contribution in [0.15, 0.2) is 53.0 Å². The van der Waals surface area contributed by atoms with Gasteiger partial charge >= 0.3 is 5.97 Å². The molecule has 0 fully saturated rings. The molecule has 2 rings (SSSR count). The Morgan fingerprint density at radius 3 is 2.50 bits per heavy atom. The van der Waals surface area contributed by atoms with E-state index in [9.17, 15) is 4.79 Å². The van der Waals surface area contributed by atoms with Crippen LogP contribution in [0.2, 0.25) is 5.02 Å². The van der Waals surface area contributed by atoms with Crippen LogP contribution in [0.5, 0.6) is 0 Å². The molecule has 0 aliphatic heterocycles. The predicted molar refractivity (Wildman–Crippen MR) is 84.3 cm³/mol. The maximum Gasteiger partial charge on any atom is 0.323 e. The SMILES string of the molecule is O=C(O)CN(Cc1ccc(Br)cc1Cl)c1ccccc1. The van der Waals surface area contributed by atoms with Gasteiger partial charge in [0.1, 0.15) is 6.54 Å². The van der Waals surface area contributed by atoms with Gasteiger partial charge in [-0.05, 0) is 29.8 Å². The molecule has 2 aromatic rings. The number of para-hydroxylation sites is 1. The van der Waals surface area contributed by atoms with Crippen molar-refractivity contribution in [3.8, 4) is 0 Å². The third-order valence-corrected chi connectivity index (χ3v) is 3.67. The van der Waals surface area contributed by atoms with E-state index in [1.165, 1.54) is 0 Å². The van der Waals surface area contributed by atoms with Gasteiger partial charge in [0.05, 0.1) is 0 Å². The first kappa shape index (κ1) is 14.9. The highest BCUT2D eigenvalue weighted by Crippen LogP contribution is 2.24. The molecule has 1 N–H and O–H groups in total. The van der Waals surface area contributed by atoms with Crippen LogP contribution < -0.4 is 4.90 Å². The second-order valence-corrected chi connectivity index (χ2v) is 5.64. The van der Waals surface area contributed by atoms with Crippen molar-refractivity contribution in [2.45, 2.75) is 6.54 Å². The van der Waals surface area contributed by atoms with Gasteiger partial charge in [-0.2, -0.15) is 0 Å². The zero-order valence-corrected chi connectivity index (χ0v) is 12.9. The Hall–Kier alpha value is -1.52. The highest BCUT2D eigenvalue weighted by molar-refractivity contribution is 9.10. The number of carboxylic acid groups (broad SMARTS) is 1. The third-order valence-electron chi connectivity index (χ3n) is 2.82. The van der Waals surface area contributed by atoms with E-state index in [2.05, 4.69) is 15.9 Å². The maximum atomic E-state index is 11.0. The molecular formula is C15H13BrClNO2. The summed E-state index contributed by atoms with van der Waals surface area (Å²) in [6.45, 7) is 0.374. The fourth-order valence-corrected chi connectivity index (χ4v) is 2.63. The zero-order chi connectivity index (χ0) is 14.5. The lowest BCUT2D eigenvalue weighted by Gasteiger charge is -2.23. The maximum absolute atomic E-state index is 11.0. The summed E-state index contributed by atoms with van der Waals surface area (Å²) in [5.41, 5.74) is 1.74. The Morgan fingerprint density at radius 2 is 1.90 bits per heavy atom. The first-order valence-corrected chi connectivity index (χ1v) is 7.19. The molecule has 20 heavy (non-hydrogen) atoms. The molecule has 0 radical (unpaired) electrons. The lowest BCUT2D eigenvalue weighted by molar-refractivity contribution is -0.135. The number of carbonyl (C=O) groups is 1. The number of carboxylic acids is 1. The van der Waals surface area contributed by atoms with Gasteiger partial charge < -0.3 is 10.0 Å². The van der Waals surface area contributed by atoms with Gasteiger partial charge in [-0.25, -0.2) is 0 Å². The Labute approximate surface area is 130 Å². The van der Waals surface area contributed by atoms with Crippen LogP contribution >= 0.6 is 27.5 Å². The van der Waals surface area contributed by atoms with Crippen LogP contribution in [0.4, 0.5) is 5.69 Å². The Morgan fingerprint density at radius 1 is 1.20 bits per heavy atom. The van der Waals surface area contributed by atoms with Gasteiger partial charge in [-0.1, -0.05) is 51.8 Å². The van der Waals surface area contributed by atoms with E-state index in [0.717, 1.165) is 15.7 Å². The Bertz CT molecular complexity index is 604. The number of rotatable bonds is 5. The van der Waals surface area contributed by atoms with Crippen LogP contribution in [0, 0.1) is 0 Å². The minimum atomic E-state index is -0.873. The van der Waals surface area contributed by atoms with E-state index in [0.29, 0.717) is 11.6 Å². The van der Waals surface area contributed by atoms with E-state index in [-0.39, 0.29) is 6.54 Å². The standard InChI is InChI=1S/C15H13BrClNO2/c16-12-7-6-11(14(17)8-12)9-18(10-15(19)20)13-4-2-1-3-5-13/h1-8H,9-10H2,(H,19,20). The molecular weight excluding hydrogens is 342 g/mol. The molecule has 0 aromatic heterocycles. The number of anilines is 1. The smallest absolute Gasteiger partial charge is 0.323 e. The van der Waals surface area contributed by atoms with Gasteiger partial charge in [0.25, 0.3) is 0 Å². The Balaban J connectivity index is 2.26. The van der Waals surface area contributed by atoms with Gasteiger partial charge in [-0.15, -0.1) is 0 Å². The number of benzene rings is 2. The fraction of sp³-hybridized carbons (Fsp3) is 0.133. The highest BCUT2D eigenvalue weighted by atomic mass is 79.9. The second kappa shape index (κ2) is 6.77. The molecule has 0 unspecified atom stereocenters. The summed E-state index contributed by atoms with van der Waals surface area (Å²) >= 11 is 9.55. The average Bonchev–Trinajstić information content (AvgIpc) is 2.41. The summed E-state index contributed by atoms with van der Waals surface area (Å²) in [7, 11) is 0. The molecule has 3 nitrogen and oxygen atoms in total. The molecule has 0 aliphatic rings. The molecule has 0 spiro atoms. The topological polar surface area (TPSA) is 40.5 Å². The van der Waals surface area contributed by atoms with Crippen molar-refractivity contribution in [2.24, 2.45) is 0 Å². The van der Waals surface area contributed by atoms with Gasteiger partial charge in [0.2, 0.25) is 0 Å². The van der Waals surface area contributed by atoms with E-state index in [1.54, 1.807) is 11.0 Å². The van der Waals surface area contributed by atoms with Crippen molar-refractivity contribution in [3.63, 3.8) is 0 Å². The van der Waals surface area contributed by atoms with E-state index in [1.807, 2.05) is 42.5 Å². The van der Waals surface area contributed by atoms with Gasteiger partial charge in [0, 0.05) is 21.7 Å². The Kier molecular flexibility index (Phi) is 5.04. The first-order valence-electron chi connectivity index (χ1n) is 6.02. The van der Waals surface area contributed by atoms with E-state index in [4.69, 9.17) is 16.7 Å². The third kappa shape index (κ3) is 3.99.